The summed E-state index contributed by atoms with van der Waals surface area (Å²) in [5.74, 6) is 1.71. The number of aromatic nitrogens is 1. The number of rotatable bonds is 1. The van der Waals surface area contributed by atoms with Crippen molar-refractivity contribution in [3.63, 3.8) is 0 Å². The molecule has 1 aromatic carbocycles. The molecule has 0 radical (unpaired) electrons. The van der Waals surface area contributed by atoms with E-state index in [2.05, 4.69) is 4.98 Å². The van der Waals surface area contributed by atoms with Crippen LogP contribution < -0.4 is 9.47 Å². The van der Waals surface area contributed by atoms with Crippen molar-refractivity contribution in [1.82, 2.24) is 4.98 Å². The van der Waals surface area contributed by atoms with E-state index in [1.54, 1.807) is 11.3 Å². The van der Waals surface area contributed by atoms with Crippen molar-refractivity contribution in [2.45, 2.75) is 19.3 Å². The number of carbonyl (C=O) groups is 1. The van der Waals surface area contributed by atoms with Gasteiger partial charge in [-0.1, -0.05) is 0 Å². The number of fused-ring (bicyclic) bond motifs is 2. The minimum Gasteiger partial charge on any atom is -0.486 e. The standard InChI is InChI=1S/C15H13NO3S/c17-10-2-1-3-13-14(10)16-15(20-13)9-4-5-11-12(8-9)19-7-6-18-11/h4-5,8H,1-3,6-7H2. The summed E-state index contributed by atoms with van der Waals surface area (Å²) in [6.45, 7) is 1.16. The van der Waals surface area contributed by atoms with E-state index in [0.717, 1.165) is 39.8 Å². The Morgan fingerprint density at radius 2 is 1.95 bits per heavy atom. The summed E-state index contributed by atoms with van der Waals surface area (Å²) < 4.78 is 11.1. The third kappa shape index (κ3) is 1.89. The average Bonchev–Trinajstić information content (AvgIpc) is 2.92. The summed E-state index contributed by atoms with van der Waals surface area (Å²) in [6, 6.07) is 5.83. The van der Waals surface area contributed by atoms with Gasteiger partial charge in [0, 0.05) is 16.9 Å². The molecule has 1 aliphatic heterocycles. The lowest BCUT2D eigenvalue weighted by molar-refractivity contribution is 0.0968. The van der Waals surface area contributed by atoms with Gasteiger partial charge in [-0.3, -0.25) is 4.79 Å². The van der Waals surface area contributed by atoms with Crippen LogP contribution in [0, 0.1) is 0 Å². The van der Waals surface area contributed by atoms with Crippen LogP contribution in [-0.4, -0.2) is 24.0 Å². The molecule has 0 saturated heterocycles. The van der Waals surface area contributed by atoms with Crippen molar-refractivity contribution in [3.8, 4) is 22.1 Å². The molecule has 0 saturated carbocycles. The average molecular weight is 287 g/mol. The van der Waals surface area contributed by atoms with Gasteiger partial charge >= 0.3 is 0 Å². The van der Waals surface area contributed by atoms with Crippen molar-refractivity contribution >= 4 is 17.1 Å². The largest absolute Gasteiger partial charge is 0.486 e. The van der Waals surface area contributed by atoms with Crippen molar-refractivity contribution in [2.24, 2.45) is 0 Å². The number of ether oxygens (including phenoxy) is 2. The van der Waals surface area contributed by atoms with E-state index in [0.29, 0.717) is 25.3 Å². The number of nitrogens with zero attached hydrogens (tertiary/aromatic N) is 1. The summed E-state index contributed by atoms with van der Waals surface area (Å²) >= 11 is 1.61. The number of benzene rings is 1. The van der Waals surface area contributed by atoms with Crippen LogP contribution in [0.25, 0.3) is 10.6 Å². The van der Waals surface area contributed by atoms with Crippen LogP contribution in [0.4, 0.5) is 0 Å². The zero-order valence-electron chi connectivity index (χ0n) is 10.8. The van der Waals surface area contributed by atoms with E-state index in [4.69, 9.17) is 9.47 Å². The van der Waals surface area contributed by atoms with E-state index in [1.165, 1.54) is 0 Å². The monoisotopic (exact) mass is 287 g/mol. The molecule has 0 bridgehead atoms. The normalized spacial score (nSPS) is 16.9. The quantitative estimate of drug-likeness (QED) is 0.808. The van der Waals surface area contributed by atoms with E-state index in [-0.39, 0.29) is 5.78 Å². The van der Waals surface area contributed by atoms with Gasteiger partial charge in [0.05, 0.1) is 0 Å². The maximum absolute atomic E-state index is 11.9. The highest BCUT2D eigenvalue weighted by Gasteiger charge is 2.23. The second-order valence-electron chi connectivity index (χ2n) is 4.93. The molecule has 4 rings (SSSR count). The first-order valence-corrected chi connectivity index (χ1v) is 7.56. The number of hydrogen-bond acceptors (Lipinski definition) is 5. The molecule has 2 aliphatic rings. The Hall–Kier alpha value is -1.88. The summed E-state index contributed by atoms with van der Waals surface area (Å²) in [5, 5.41) is 0.891. The van der Waals surface area contributed by atoms with Crippen LogP contribution in [0.5, 0.6) is 11.5 Å². The Balaban J connectivity index is 1.76. The van der Waals surface area contributed by atoms with Crippen molar-refractivity contribution in [2.75, 3.05) is 13.2 Å². The maximum atomic E-state index is 11.9. The second kappa shape index (κ2) is 4.59. The van der Waals surface area contributed by atoms with E-state index >= 15 is 0 Å². The summed E-state index contributed by atoms with van der Waals surface area (Å²) in [6.07, 6.45) is 2.52. The maximum Gasteiger partial charge on any atom is 0.182 e. The fraction of sp³-hybridized carbons (Fsp3) is 0.333. The Kier molecular flexibility index (Phi) is 2.73. The number of ketones is 1. The molecule has 1 aromatic heterocycles. The Morgan fingerprint density at radius 1 is 1.10 bits per heavy atom. The van der Waals surface area contributed by atoms with E-state index < -0.39 is 0 Å². The molecule has 20 heavy (non-hydrogen) atoms. The highest BCUT2D eigenvalue weighted by atomic mass is 32.1. The molecule has 0 fully saturated rings. The number of hydrogen-bond donors (Lipinski definition) is 0. The van der Waals surface area contributed by atoms with Gasteiger partial charge in [0.1, 0.15) is 23.9 Å². The van der Waals surface area contributed by atoms with Crippen LogP contribution in [-0.2, 0) is 6.42 Å². The predicted octanol–water partition coefficient (Wildman–Crippen LogP) is 3.10. The molecule has 102 valence electrons. The van der Waals surface area contributed by atoms with E-state index in [1.807, 2.05) is 18.2 Å². The van der Waals surface area contributed by atoms with Gasteiger partial charge in [0.2, 0.25) is 0 Å². The third-order valence-electron chi connectivity index (χ3n) is 3.56. The SMILES string of the molecule is O=C1CCCc2sc(-c3ccc4c(c3)OCCO4)nc21. The number of aryl methyl sites for hydroxylation is 1. The number of carbonyl (C=O) groups excluding carboxylic acids is 1. The van der Waals surface area contributed by atoms with Gasteiger partial charge in [-0.05, 0) is 31.0 Å². The summed E-state index contributed by atoms with van der Waals surface area (Å²) in [4.78, 5) is 17.5. The lowest BCUT2D eigenvalue weighted by Crippen LogP contribution is -2.15. The third-order valence-corrected chi connectivity index (χ3v) is 4.72. The first-order valence-electron chi connectivity index (χ1n) is 6.74. The minimum absolute atomic E-state index is 0.172. The van der Waals surface area contributed by atoms with Crippen LogP contribution in [0.3, 0.4) is 0 Å². The zero-order chi connectivity index (χ0) is 13.5. The van der Waals surface area contributed by atoms with Crippen LogP contribution in [0.1, 0.15) is 28.2 Å². The predicted molar refractivity (Wildman–Crippen MR) is 75.8 cm³/mol. The highest BCUT2D eigenvalue weighted by Crippen LogP contribution is 2.37. The van der Waals surface area contributed by atoms with Gasteiger partial charge in [-0.25, -0.2) is 4.98 Å². The molecule has 5 heteroatoms. The molecule has 0 spiro atoms. The number of Topliss-reactive ketones (excluding diaryl/α,β-unsaturated/α-hetero) is 1. The summed E-state index contributed by atoms with van der Waals surface area (Å²) in [7, 11) is 0. The molecule has 4 nitrogen and oxygen atoms in total. The fourth-order valence-electron chi connectivity index (χ4n) is 2.57. The topological polar surface area (TPSA) is 48.4 Å². The second-order valence-corrected chi connectivity index (χ2v) is 6.01. The fourth-order valence-corrected chi connectivity index (χ4v) is 3.68. The van der Waals surface area contributed by atoms with Gasteiger partial charge in [0.15, 0.2) is 17.3 Å². The van der Waals surface area contributed by atoms with Gasteiger partial charge in [0.25, 0.3) is 0 Å². The first-order chi connectivity index (χ1) is 9.81. The van der Waals surface area contributed by atoms with Gasteiger partial charge in [-0.2, -0.15) is 0 Å². The van der Waals surface area contributed by atoms with Crippen molar-refractivity contribution in [1.29, 1.82) is 0 Å². The summed E-state index contributed by atoms with van der Waals surface area (Å²) in [5.41, 5.74) is 1.66. The van der Waals surface area contributed by atoms with E-state index in [9.17, 15) is 4.79 Å². The lowest BCUT2D eigenvalue weighted by atomic mass is 10.0. The molecule has 0 N–H and O–H groups in total. The van der Waals surface area contributed by atoms with Gasteiger partial charge < -0.3 is 9.47 Å². The number of thiazole rings is 1. The molecular formula is C15H13NO3S. The van der Waals surface area contributed by atoms with Crippen molar-refractivity contribution in [3.05, 3.63) is 28.8 Å². The Bertz CT molecular complexity index is 692. The molecule has 0 amide bonds. The van der Waals surface area contributed by atoms with Gasteiger partial charge in [-0.15, -0.1) is 11.3 Å². The molecule has 0 atom stereocenters. The van der Waals surface area contributed by atoms with Crippen LogP contribution >= 0.6 is 11.3 Å². The van der Waals surface area contributed by atoms with Crippen LogP contribution in [0.15, 0.2) is 18.2 Å². The zero-order valence-corrected chi connectivity index (χ0v) is 11.7. The molecule has 1 aliphatic carbocycles. The molecular weight excluding hydrogens is 274 g/mol. The first kappa shape index (κ1) is 11.9. The van der Waals surface area contributed by atoms with Crippen LogP contribution in [0.2, 0.25) is 0 Å². The molecule has 0 unspecified atom stereocenters. The Labute approximate surface area is 120 Å². The highest BCUT2D eigenvalue weighted by molar-refractivity contribution is 7.15. The minimum atomic E-state index is 0.172. The van der Waals surface area contributed by atoms with Crippen molar-refractivity contribution < 1.29 is 14.3 Å². The molecule has 2 aromatic rings. The lowest BCUT2D eigenvalue weighted by Gasteiger charge is -2.18. The smallest absolute Gasteiger partial charge is 0.182 e. The molecule has 2 heterocycles. The Morgan fingerprint density at radius 3 is 2.80 bits per heavy atom.